The largest absolute Gasteiger partial charge is 0.496 e. The van der Waals surface area contributed by atoms with Crippen LogP contribution in [0, 0.1) is 0 Å². The van der Waals surface area contributed by atoms with Crippen molar-refractivity contribution in [2.45, 2.75) is 32.4 Å². The van der Waals surface area contributed by atoms with Crippen LogP contribution in [0.15, 0.2) is 58.1 Å². The molecule has 0 radical (unpaired) electrons. The minimum Gasteiger partial charge on any atom is -0.496 e. The number of aliphatic hydroxyl groups excluding tert-OH is 1. The van der Waals surface area contributed by atoms with Gasteiger partial charge in [0.1, 0.15) is 18.0 Å². The first-order chi connectivity index (χ1) is 20.2. The van der Waals surface area contributed by atoms with Gasteiger partial charge in [0.2, 0.25) is 0 Å². The number of nitrogens with zero attached hydrogens (tertiary/aromatic N) is 2. The van der Waals surface area contributed by atoms with E-state index >= 15 is 0 Å². The Balaban J connectivity index is 0.000000238. The highest BCUT2D eigenvalue weighted by Crippen LogP contribution is 2.34. The van der Waals surface area contributed by atoms with Crippen molar-refractivity contribution in [1.82, 2.24) is 9.13 Å². The summed E-state index contributed by atoms with van der Waals surface area (Å²) in [7, 11) is 2.64. The third-order valence-corrected chi connectivity index (χ3v) is 6.16. The van der Waals surface area contributed by atoms with Gasteiger partial charge >= 0.3 is 18.3 Å². The van der Waals surface area contributed by atoms with Gasteiger partial charge in [0, 0.05) is 29.4 Å². The number of alkyl halides is 6. The Morgan fingerprint density at radius 3 is 1.60 bits per heavy atom. The summed E-state index contributed by atoms with van der Waals surface area (Å²) >= 11 is 0. The number of fused-ring (bicyclic) bond motifs is 2. The number of aromatic nitrogens is 2. The molecule has 0 spiro atoms. The van der Waals surface area contributed by atoms with Crippen LogP contribution >= 0.6 is 0 Å². The number of halogens is 6. The fraction of sp³-hybridized carbons (Fsp3) is 0.321. The van der Waals surface area contributed by atoms with Gasteiger partial charge in [0.05, 0.1) is 49.6 Å². The molecule has 0 aliphatic heterocycles. The van der Waals surface area contributed by atoms with E-state index < -0.39 is 47.1 Å². The Bertz CT molecular complexity index is 1740. The smallest absolute Gasteiger partial charge is 0.416 e. The molecule has 2 aromatic carbocycles. The molecule has 0 saturated heterocycles. The Morgan fingerprint density at radius 2 is 1.21 bits per heavy atom. The number of carbonyl (C=O) groups is 1. The second-order valence-corrected chi connectivity index (χ2v) is 8.83. The number of hydrogen-bond acceptors (Lipinski definition) is 7. The van der Waals surface area contributed by atoms with E-state index in [9.17, 15) is 40.7 Å². The van der Waals surface area contributed by atoms with Crippen molar-refractivity contribution >= 4 is 27.8 Å². The molecule has 0 saturated carbocycles. The lowest BCUT2D eigenvalue weighted by Crippen LogP contribution is -2.25. The number of carbonyl (C=O) groups excluding carboxylic acids is 1. The highest BCUT2D eigenvalue weighted by Gasteiger charge is 2.32. The van der Waals surface area contributed by atoms with Crippen molar-refractivity contribution in [3.63, 3.8) is 0 Å². The summed E-state index contributed by atoms with van der Waals surface area (Å²) in [5.74, 6) is -0.370. The summed E-state index contributed by atoms with van der Waals surface area (Å²) in [6.45, 7) is 0.788. The van der Waals surface area contributed by atoms with Crippen LogP contribution in [-0.2, 0) is 35.0 Å². The van der Waals surface area contributed by atoms with Crippen LogP contribution in [0.3, 0.4) is 0 Å². The molecule has 2 aromatic heterocycles. The van der Waals surface area contributed by atoms with Crippen LogP contribution in [0.2, 0.25) is 0 Å². The monoisotopic (exact) mass is 616 g/mol. The average Bonchev–Trinajstić information content (AvgIpc) is 2.94. The van der Waals surface area contributed by atoms with Crippen molar-refractivity contribution in [3.8, 4) is 11.5 Å². The number of ether oxygens (including phenoxy) is 3. The molecule has 4 rings (SSSR count). The second-order valence-electron chi connectivity index (χ2n) is 8.83. The number of aliphatic hydroxyl groups is 1. The predicted molar refractivity (Wildman–Crippen MR) is 143 cm³/mol. The van der Waals surface area contributed by atoms with Crippen LogP contribution in [-0.4, -0.2) is 47.6 Å². The molecule has 232 valence electrons. The fourth-order valence-corrected chi connectivity index (χ4v) is 4.22. The molecule has 0 unspecified atom stereocenters. The minimum atomic E-state index is -4.57. The van der Waals surface area contributed by atoms with Crippen molar-refractivity contribution in [1.29, 1.82) is 0 Å². The van der Waals surface area contributed by atoms with Crippen LogP contribution < -0.4 is 20.6 Å². The molecule has 0 atom stereocenters. The van der Waals surface area contributed by atoms with Gasteiger partial charge in [-0.25, -0.2) is 0 Å². The van der Waals surface area contributed by atoms with E-state index in [0.29, 0.717) is 10.8 Å². The average molecular weight is 617 g/mol. The molecule has 0 fully saturated rings. The number of pyridine rings is 2. The molecule has 0 aliphatic carbocycles. The number of esters is 1. The lowest BCUT2D eigenvalue weighted by molar-refractivity contribution is -0.143. The maximum Gasteiger partial charge on any atom is 0.416 e. The lowest BCUT2D eigenvalue weighted by atomic mass is 10.1. The van der Waals surface area contributed by atoms with Crippen molar-refractivity contribution < 1.29 is 50.5 Å². The summed E-state index contributed by atoms with van der Waals surface area (Å²) in [4.78, 5) is 35.6. The summed E-state index contributed by atoms with van der Waals surface area (Å²) < 4.78 is 93.8. The third kappa shape index (κ3) is 7.46. The van der Waals surface area contributed by atoms with E-state index in [4.69, 9.17) is 19.3 Å². The van der Waals surface area contributed by atoms with Crippen molar-refractivity contribution in [2.75, 3.05) is 27.4 Å². The quantitative estimate of drug-likeness (QED) is 0.239. The van der Waals surface area contributed by atoms with E-state index in [-0.39, 0.29) is 42.3 Å². The lowest BCUT2D eigenvalue weighted by Gasteiger charge is -2.14. The molecule has 9 nitrogen and oxygen atoms in total. The van der Waals surface area contributed by atoms with Crippen molar-refractivity contribution in [3.05, 3.63) is 80.4 Å². The molecular formula is C28H26F6N2O7. The Labute approximate surface area is 239 Å². The van der Waals surface area contributed by atoms with E-state index in [0.717, 1.165) is 39.5 Å². The van der Waals surface area contributed by atoms with Crippen LogP contribution in [0.5, 0.6) is 11.5 Å². The normalized spacial score (nSPS) is 11.7. The molecular weight excluding hydrogens is 590 g/mol. The van der Waals surface area contributed by atoms with Gasteiger partial charge in [0.25, 0.3) is 11.1 Å². The molecule has 4 aromatic rings. The first-order valence-corrected chi connectivity index (χ1v) is 12.5. The summed E-state index contributed by atoms with van der Waals surface area (Å²) in [5.41, 5.74) is -2.92. The van der Waals surface area contributed by atoms with E-state index in [2.05, 4.69) is 0 Å². The molecule has 43 heavy (non-hydrogen) atoms. The topological polar surface area (TPSA) is 109 Å². The second kappa shape index (κ2) is 13.2. The molecule has 0 amide bonds. The number of hydrogen-bond donors (Lipinski definition) is 1. The van der Waals surface area contributed by atoms with Gasteiger partial charge < -0.3 is 23.9 Å². The first-order valence-electron chi connectivity index (χ1n) is 12.5. The zero-order valence-electron chi connectivity index (χ0n) is 23.0. The van der Waals surface area contributed by atoms with Gasteiger partial charge in [-0.2, -0.15) is 26.3 Å². The van der Waals surface area contributed by atoms with Gasteiger partial charge in [-0.3, -0.25) is 19.0 Å². The molecule has 0 bridgehead atoms. The Morgan fingerprint density at radius 1 is 0.767 bits per heavy atom. The molecule has 0 aliphatic rings. The SMILES string of the molecule is CCOC(=O)Cn1c(=O)cc(OC)c2ccc(C(F)(F)F)cc21.COc1cc(=O)n(CCO)c2cc(C(F)(F)F)ccc12. The molecule has 2 heterocycles. The highest BCUT2D eigenvalue weighted by atomic mass is 19.4. The maximum absolute atomic E-state index is 12.9. The maximum atomic E-state index is 12.9. The van der Waals surface area contributed by atoms with Crippen molar-refractivity contribution in [2.24, 2.45) is 0 Å². The Kier molecular flexibility index (Phi) is 10.1. The highest BCUT2D eigenvalue weighted by molar-refractivity contribution is 5.87. The van der Waals surface area contributed by atoms with E-state index in [1.54, 1.807) is 6.92 Å². The molecule has 15 heteroatoms. The zero-order valence-corrected chi connectivity index (χ0v) is 23.0. The van der Waals surface area contributed by atoms with Crippen LogP contribution in [0.4, 0.5) is 26.3 Å². The fourth-order valence-electron chi connectivity index (χ4n) is 4.22. The minimum absolute atomic E-state index is 0.0442. The first kappa shape index (κ1) is 33.0. The van der Waals surface area contributed by atoms with Gasteiger partial charge in [-0.1, -0.05) is 0 Å². The number of methoxy groups -OCH3 is 2. The molecule has 1 N–H and O–H groups in total. The third-order valence-electron chi connectivity index (χ3n) is 6.16. The zero-order chi connectivity index (χ0) is 32.1. The summed E-state index contributed by atoms with van der Waals surface area (Å²) in [6.07, 6.45) is -9.07. The summed E-state index contributed by atoms with van der Waals surface area (Å²) in [6, 6.07) is 8.29. The summed E-state index contributed by atoms with van der Waals surface area (Å²) in [5, 5.41) is 9.62. The van der Waals surface area contributed by atoms with Gasteiger partial charge in [0.15, 0.2) is 0 Å². The standard InChI is InChI=1S/C15H14F3NO4.C13H12F3NO3/c1-3-23-14(21)8-19-11-6-9(15(16,17)18)4-5-10(11)12(22-2)7-13(19)20;1-20-11-7-12(19)17(4-5-18)10-6-8(13(14,15)16)2-3-9(10)11/h4-7H,3,8H2,1-2H3;2-3,6-7,18H,4-5H2,1H3. The van der Waals surface area contributed by atoms with Crippen LogP contribution in [0.25, 0.3) is 21.8 Å². The number of rotatable bonds is 7. The number of benzene rings is 2. The van der Waals surface area contributed by atoms with Gasteiger partial charge in [-0.15, -0.1) is 0 Å². The van der Waals surface area contributed by atoms with E-state index in [1.807, 2.05) is 0 Å². The van der Waals surface area contributed by atoms with Crippen LogP contribution in [0.1, 0.15) is 18.1 Å². The predicted octanol–water partition coefficient (Wildman–Crippen LogP) is 4.61. The van der Waals surface area contributed by atoms with Gasteiger partial charge in [-0.05, 0) is 43.3 Å². The Hall–Kier alpha value is -4.53. The van der Waals surface area contributed by atoms with E-state index in [1.165, 1.54) is 32.4 Å².